The van der Waals surface area contributed by atoms with Crippen molar-refractivity contribution in [2.75, 3.05) is 6.54 Å². The quantitative estimate of drug-likeness (QED) is 0.230. The lowest BCUT2D eigenvalue weighted by Gasteiger charge is -2.54. The minimum Gasteiger partial charge on any atom is -0.462 e. The number of nitrogens with zero attached hydrogens (tertiary/aromatic N) is 3. The lowest BCUT2D eigenvalue weighted by atomic mass is 9.49. The molecule has 0 radical (unpaired) electrons. The van der Waals surface area contributed by atoms with Crippen LogP contribution in [0.4, 0.5) is 0 Å². The first-order valence-electron chi connectivity index (χ1n) is 10.2. The average Bonchev–Trinajstić information content (AvgIpc) is 3.09. The molecule has 0 aromatic heterocycles. The highest BCUT2D eigenvalue weighted by Gasteiger charge is 2.81. The Morgan fingerprint density at radius 1 is 1.31 bits per heavy atom. The van der Waals surface area contributed by atoms with Crippen LogP contribution in [0.1, 0.15) is 65.2 Å². The van der Waals surface area contributed by atoms with Crippen molar-refractivity contribution in [2.24, 2.45) is 38.6 Å². The highest BCUT2D eigenvalue weighted by molar-refractivity contribution is 5.76. The molecule has 0 aromatic carbocycles. The minimum atomic E-state index is -0.0240. The zero-order chi connectivity index (χ0) is 18.4. The van der Waals surface area contributed by atoms with Gasteiger partial charge in [-0.1, -0.05) is 31.1 Å². The van der Waals surface area contributed by atoms with Crippen LogP contribution in [0.2, 0.25) is 0 Å². The van der Waals surface area contributed by atoms with E-state index in [1.807, 2.05) is 0 Å². The van der Waals surface area contributed by atoms with E-state index in [0.717, 1.165) is 44.9 Å². The fourth-order valence-electron chi connectivity index (χ4n) is 8.28. The van der Waals surface area contributed by atoms with Crippen molar-refractivity contribution in [3.05, 3.63) is 22.6 Å². The standard InChI is InChI=1S/C21H29N3O2/c1-13-4-9-21-11-20(21,12-23-24-22)16(6-8-19(13,21)3)18(2)7-5-14-10-15(18)17(25)26-14/h14-16H,1,4-12H2,2-3H3/t14-,15+,16-,18+,19-,20?,21+/m1/s1. The monoisotopic (exact) mass is 355 g/mol. The van der Waals surface area contributed by atoms with Crippen LogP contribution in [0.3, 0.4) is 0 Å². The second kappa shape index (κ2) is 4.86. The van der Waals surface area contributed by atoms with Crippen molar-refractivity contribution >= 4 is 5.97 Å². The number of carbonyl (C=O) groups excluding carboxylic acids is 1. The number of hydrogen-bond acceptors (Lipinski definition) is 3. The van der Waals surface area contributed by atoms with E-state index in [4.69, 9.17) is 10.3 Å². The van der Waals surface area contributed by atoms with Gasteiger partial charge in [0.25, 0.3) is 0 Å². The molecule has 0 N–H and O–H groups in total. The van der Waals surface area contributed by atoms with E-state index in [0.29, 0.717) is 12.5 Å². The number of azide groups is 1. The van der Waals surface area contributed by atoms with E-state index in [1.165, 1.54) is 12.0 Å². The second-order valence-electron chi connectivity index (χ2n) is 10.2. The Morgan fingerprint density at radius 2 is 2.12 bits per heavy atom. The van der Waals surface area contributed by atoms with Crippen LogP contribution in [0, 0.1) is 33.5 Å². The van der Waals surface area contributed by atoms with E-state index in [9.17, 15) is 4.79 Å². The summed E-state index contributed by atoms with van der Waals surface area (Å²) in [4.78, 5) is 15.7. The highest BCUT2D eigenvalue weighted by atomic mass is 16.6. The van der Waals surface area contributed by atoms with E-state index in [-0.39, 0.29) is 39.7 Å². The molecule has 2 bridgehead atoms. The maximum Gasteiger partial charge on any atom is 0.309 e. The molecular weight excluding hydrogens is 326 g/mol. The summed E-state index contributed by atoms with van der Waals surface area (Å²) in [5, 5.41) is 4.11. The van der Waals surface area contributed by atoms with Gasteiger partial charge in [0.15, 0.2) is 0 Å². The normalized spacial score (nSPS) is 54.2. The fraction of sp³-hybridized carbons (Fsp3) is 0.857. The summed E-state index contributed by atoms with van der Waals surface area (Å²) < 4.78 is 5.62. The van der Waals surface area contributed by atoms with Crippen LogP contribution in [-0.4, -0.2) is 18.6 Å². The van der Waals surface area contributed by atoms with Gasteiger partial charge in [-0.2, -0.15) is 0 Å². The van der Waals surface area contributed by atoms with Gasteiger partial charge in [-0.05, 0) is 84.5 Å². The summed E-state index contributed by atoms with van der Waals surface area (Å²) in [5.41, 5.74) is 10.9. The number of carbonyl (C=O) groups is 1. The molecule has 1 unspecified atom stereocenters. The fourth-order valence-corrected chi connectivity index (χ4v) is 8.28. The summed E-state index contributed by atoms with van der Waals surface area (Å²) in [6.45, 7) is 9.74. The average molecular weight is 355 g/mol. The Balaban J connectivity index is 1.59. The Kier molecular flexibility index (Phi) is 3.12. The largest absolute Gasteiger partial charge is 0.462 e. The summed E-state index contributed by atoms with van der Waals surface area (Å²) >= 11 is 0. The van der Waals surface area contributed by atoms with Gasteiger partial charge in [0.2, 0.25) is 0 Å². The molecular formula is C21H29N3O2. The van der Waals surface area contributed by atoms with Gasteiger partial charge < -0.3 is 4.74 Å². The highest BCUT2D eigenvalue weighted by Crippen LogP contribution is 2.87. The van der Waals surface area contributed by atoms with Crippen molar-refractivity contribution in [1.29, 1.82) is 0 Å². The molecule has 140 valence electrons. The number of rotatable bonds is 3. The van der Waals surface area contributed by atoms with Crippen molar-refractivity contribution in [2.45, 2.75) is 71.3 Å². The molecule has 5 heteroatoms. The minimum absolute atomic E-state index is 0.0211. The molecule has 1 spiro atoms. The molecule has 26 heavy (non-hydrogen) atoms. The van der Waals surface area contributed by atoms with Crippen molar-refractivity contribution < 1.29 is 9.53 Å². The maximum atomic E-state index is 12.6. The molecule has 5 rings (SSSR count). The van der Waals surface area contributed by atoms with Crippen LogP contribution in [-0.2, 0) is 9.53 Å². The molecule has 5 nitrogen and oxygen atoms in total. The first-order valence-corrected chi connectivity index (χ1v) is 10.2. The van der Waals surface area contributed by atoms with Crippen molar-refractivity contribution in [1.82, 2.24) is 0 Å². The number of fused-ring (bicyclic) bond motifs is 2. The molecule has 1 heterocycles. The SMILES string of the molecule is C=C1CC[C@@]23CC2(CN=[N+]=[N-])[C@@H]([C@@]2(C)CC[C@@H]4C[C@H]2C(=O)O4)CC[C@]13C. The topological polar surface area (TPSA) is 75.1 Å². The number of esters is 1. The predicted molar refractivity (Wildman–Crippen MR) is 98.0 cm³/mol. The third kappa shape index (κ3) is 1.65. The molecule has 5 fully saturated rings. The zero-order valence-electron chi connectivity index (χ0n) is 16.0. The Labute approximate surface area is 155 Å². The first kappa shape index (κ1) is 16.7. The van der Waals surface area contributed by atoms with E-state index >= 15 is 0 Å². The summed E-state index contributed by atoms with van der Waals surface area (Å²) in [5.74, 6) is 0.490. The number of ether oxygens (including phenoxy) is 1. The molecule has 5 aliphatic rings. The van der Waals surface area contributed by atoms with Crippen molar-refractivity contribution in [3.63, 3.8) is 0 Å². The molecule has 1 aliphatic heterocycles. The van der Waals surface area contributed by atoms with Crippen LogP contribution in [0.5, 0.6) is 0 Å². The van der Waals surface area contributed by atoms with Crippen LogP contribution >= 0.6 is 0 Å². The summed E-state index contributed by atoms with van der Waals surface area (Å²) in [6, 6.07) is 0. The zero-order valence-corrected chi connectivity index (χ0v) is 16.0. The molecule has 4 aliphatic carbocycles. The first-order chi connectivity index (χ1) is 12.3. The van der Waals surface area contributed by atoms with Gasteiger partial charge in [0.05, 0.1) is 5.92 Å². The Morgan fingerprint density at radius 3 is 2.88 bits per heavy atom. The van der Waals surface area contributed by atoms with Crippen molar-refractivity contribution in [3.8, 4) is 0 Å². The number of hydrogen-bond donors (Lipinski definition) is 0. The van der Waals surface area contributed by atoms with Crippen LogP contribution in [0.15, 0.2) is 17.3 Å². The van der Waals surface area contributed by atoms with Crippen LogP contribution < -0.4 is 0 Å². The maximum absolute atomic E-state index is 12.6. The van der Waals surface area contributed by atoms with Gasteiger partial charge in [-0.15, -0.1) is 0 Å². The molecule has 4 saturated carbocycles. The van der Waals surface area contributed by atoms with Gasteiger partial charge in [0.1, 0.15) is 6.10 Å². The summed E-state index contributed by atoms with van der Waals surface area (Å²) in [6.07, 6.45) is 8.77. The van der Waals surface area contributed by atoms with E-state index in [2.05, 4.69) is 30.5 Å². The van der Waals surface area contributed by atoms with Gasteiger partial charge in [-0.3, -0.25) is 4.79 Å². The van der Waals surface area contributed by atoms with E-state index < -0.39 is 0 Å². The van der Waals surface area contributed by atoms with Gasteiger partial charge in [-0.25, -0.2) is 0 Å². The lowest BCUT2D eigenvalue weighted by Crippen LogP contribution is -2.50. The van der Waals surface area contributed by atoms with Gasteiger partial charge in [0, 0.05) is 11.5 Å². The Bertz CT molecular complexity index is 758. The lowest BCUT2D eigenvalue weighted by molar-refractivity contribution is -0.147. The third-order valence-electron chi connectivity index (χ3n) is 9.81. The molecule has 1 saturated heterocycles. The van der Waals surface area contributed by atoms with Gasteiger partial charge >= 0.3 is 5.97 Å². The molecule has 0 amide bonds. The smallest absolute Gasteiger partial charge is 0.309 e. The molecule has 7 atom stereocenters. The third-order valence-corrected chi connectivity index (χ3v) is 9.81. The predicted octanol–water partition coefficient (Wildman–Crippen LogP) is 5.17. The molecule has 0 aromatic rings. The summed E-state index contributed by atoms with van der Waals surface area (Å²) in [7, 11) is 0. The number of allylic oxidation sites excluding steroid dienone is 1. The van der Waals surface area contributed by atoms with Crippen LogP contribution in [0.25, 0.3) is 10.4 Å². The second-order valence-corrected chi connectivity index (χ2v) is 10.2. The Hall–Kier alpha value is -1.48. The van der Waals surface area contributed by atoms with E-state index in [1.54, 1.807) is 0 Å².